The van der Waals surface area contributed by atoms with Crippen LogP contribution in [0.1, 0.15) is 23.1 Å². The van der Waals surface area contributed by atoms with Gasteiger partial charge in [0, 0.05) is 24.0 Å². The van der Waals surface area contributed by atoms with Crippen molar-refractivity contribution in [3.05, 3.63) is 88.7 Å². The van der Waals surface area contributed by atoms with E-state index in [2.05, 4.69) is 17.1 Å². The Morgan fingerprint density at radius 1 is 1.04 bits per heavy atom. The number of hydrogen-bond acceptors (Lipinski definition) is 3. The Bertz CT molecular complexity index is 975. The summed E-state index contributed by atoms with van der Waals surface area (Å²) in [6.07, 6.45) is 6.90. The number of ether oxygens (including phenoxy) is 1. The van der Waals surface area contributed by atoms with Crippen LogP contribution in [0.4, 0.5) is 5.69 Å². The highest BCUT2D eigenvalue weighted by atomic mass is 16.5. The number of aryl methyl sites for hydroxylation is 2. The number of benzene rings is 2. The molecule has 1 heterocycles. The molecule has 0 aromatic heterocycles. The van der Waals surface area contributed by atoms with E-state index >= 15 is 0 Å². The highest BCUT2D eigenvalue weighted by Crippen LogP contribution is 2.42. The Balaban J connectivity index is 1.84. The van der Waals surface area contributed by atoms with E-state index in [9.17, 15) is 4.79 Å². The van der Waals surface area contributed by atoms with Crippen LogP contribution in [0.3, 0.4) is 0 Å². The van der Waals surface area contributed by atoms with Crippen molar-refractivity contribution < 1.29 is 9.53 Å². The maximum Gasteiger partial charge on any atom is 0.344 e. The SMILES string of the molecule is Cc1cccc(C)c1OC(=O)C1=C2CC=CC=C2N(C)c2ccccc21. The van der Waals surface area contributed by atoms with Gasteiger partial charge in [-0.15, -0.1) is 0 Å². The molecule has 2 aliphatic rings. The first-order valence-electron chi connectivity index (χ1n) is 8.80. The summed E-state index contributed by atoms with van der Waals surface area (Å²) >= 11 is 0. The van der Waals surface area contributed by atoms with Crippen LogP contribution >= 0.6 is 0 Å². The molecule has 1 aliphatic heterocycles. The first kappa shape index (κ1) is 16.4. The van der Waals surface area contributed by atoms with Gasteiger partial charge >= 0.3 is 5.97 Å². The van der Waals surface area contributed by atoms with Gasteiger partial charge in [-0.3, -0.25) is 0 Å². The van der Waals surface area contributed by atoms with Crippen molar-refractivity contribution in [1.29, 1.82) is 0 Å². The summed E-state index contributed by atoms with van der Waals surface area (Å²) in [5, 5.41) is 0. The minimum atomic E-state index is -0.292. The third-order valence-electron chi connectivity index (χ3n) is 5.03. The fraction of sp³-hybridized carbons (Fsp3) is 0.174. The van der Waals surface area contributed by atoms with Gasteiger partial charge in [-0.2, -0.15) is 0 Å². The van der Waals surface area contributed by atoms with Gasteiger partial charge in [-0.25, -0.2) is 4.79 Å². The van der Waals surface area contributed by atoms with Gasteiger partial charge in [0.25, 0.3) is 0 Å². The summed E-state index contributed by atoms with van der Waals surface area (Å²) in [5.74, 6) is 0.359. The maximum atomic E-state index is 13.2. The molecule has 0 amide bonds. The quantitative estimate of drug-likeness (QED) is 0.570. The zero-order valence-corrected chi connectivity index (χ0v) is 15.2. The number of rotatable bonds is 2. The van der Waals surface area contributed by atoms with Crippen LogP contribution in [0.25, 0.3) is 5.57 Å². The molecule has 1 aliphatic carbocycles. The van der Waals surface area contributed by atoms with E-state index in [1.807, 2.05) is 69.4 Å². The number of hydrogen-bond donors (Lipinski definition) is 0. The van der Waals surface area contributed by atoms with Crippen LogP contribution in [0.5, 0.6) is 5.75 Å². The average molecular weight is 343 g/mol. The first-order chi connectivity index (χ1) is 12.6. The van der Waals surface area contributed by atoms with Crippen LogP contribution in [-0.2, 0) is 4.79 Å². The van der Waals surface area contributed by atoms with Crippen LogP contribution in [0.2, 0.25) is 0 Å². The lowest BCUT2D eigenvalue weighted by Crippen LogP contribution is -2.28. The van der Waals surface area contributed by atoms with Gasteiger partial charge in [-0.1, -0.05) is 48.6 Å². The molecular formula is C23H21NO2. The number of carbonyl (C=O) groups is 1. The van der Waals surface area contributed by atoms with Gasteiger partial charge in [0.15, 0.2) is 0 Å². The van der Waals surface area contributed by atoms with Crippen molar-refractivity contribution in [3.8, 4) is 5.75 Å². The van der Waals surface area contributed by atoms with Crippen molar-refractivity contribution in [2.45, 2.75) is 20.3 Å². The molecule has 0 unspecified atom stereocenters. The zero-order valence-electron chi connectivity index (χ0n) is 15.2. The number of likely N-dealkylation sites (N-methyl/N-ethyl adjacent to an activating group) is 1. The third kappa shape index (κ3) is 2.57. The lowest BCUT2D eigenvalue weighted by Gasteiger charge is -2.34. The molecule has 2 aromatic carbocycles. The molecule has 130 valence electrons. The number of carbonyl (C=O) groups excluding carboxylic acids is 1. The summed E-state index contributed by atoms with van der Waals surface area (Å²) in [6, 6.07) is 13.9. The number of nitrogens with zero attached hydrogens (tertiary/aromatic N) is 1. The number of para-hydroxylation sites is 2. The first-order valence-corrected chi connectivity index (χ1v) is 8.80. The number of allylic oxidation sites excluding steroid dienone is 4. The molecule has 0 saturated carbocycles. The normalized spacial score (nSPS) is 15.3. The molecule has 0 spiro atoms. The van der Waals surface area contributed by atoms with Gasteiger partial charge in [-0.05, 0) is 49.1 Å². The molecule has 0 fully saturated rings. The molecule has 0 atom stereocenters. The predicted octanol–water partition coefficient (Wildman–Crippen LogP) is 4.96. The van der Waals surface area contributed by atoms with Crippen LogP contribution < -0.4 is 9.64 Å². The monoisotopic (exact) mass is 343 g/mol. The van der Waals surface area contributed by atoms with Crippen molar-refractivity contribution in [1.82, 2.24) is 0 Å². The Hall–Kier alpha value is -3.07. The second-order valence-corrected chi connectivity index (χ2v) is 6.72. The number of esters is 1. The molecule has 0 N–H and O–H groups in total. The molecule has 0 radical (unpaired) electrons. The summed E-state index contributed by atoms with van der Waals surface area (Å²) in [5.41, 5.74) is 6.61. The van der Waals surface area contributed by atoms with E-state index in [4.69, 9.17) is 4.74 Å². The summed E-state index contributed by atoms with van der Waals surface area (Å²) in [4.78, 5) is 15.4. The number of anilines is 1. The lowest BCUT2D eigenvalue weighted by atomic mass is 9.87. The van der Waals surface area contributed by atoms with Gasteiger partial charge < -0.3 is 9.64 Å². The van der Waals surface area contributed by atoms with E-state index in [0.717, 1.165) is 40.1 Å². The van der Waals surface area contributed by atoms with Crippen molar-refractivity contribution >= 4 is 17.2 Å². The molecule has 0 bridgehead atoms. The third-order valence-corrected chi connectivity index (χ3v) is 5.03. The Morgan fingerprint density at radius 2 is 1.77 bits per heavy atom. The summed E-state index contributed by atoms with van der Waals surface area (Å²) in [7, 11) is 2.04. The highest BCUT2D eigenvalue weighted by Gasteiger charge is 2.31. The van der Waals surface area contributed by atoms with Crippen LogP contribution in [-0.4, -0.2) is 13.0 Å². The standard InChI is InChI=1S/C23H21NO2/c1-15-9-8-10-16(2)22(15)26-23(25)21-17-11-4-6-13-19(17)24(3)20-14-7-5-12-18(20)21/h4-11,13-14H,12H2,1-3H3. The zero-order chi connectivity index (χ0) is 18.3. The second-order valence-electron chi connectivity index (χ2n) is 6.72. The summed E-state index contributed by atoms with van der Waals surface area (Å²) < 4.78 is 5.89. The number of fused-ring (bicyclic) bond motifs is 2. The lowest BCUT2D eigenvalue weighted by molar-refractivity contribution is -0.128. The molecule has 3 heteroatoms. The maximum absolute atomic E-state index is 13.2. The molecule has 0 saturated heterocycles. The van der Waals surface area contributed by atoms with E-state index in [1.165, 1.54) is 0 Å². The Morgan fingerprint density at radius 3 is 2.54 bits per heavy atom. The minimum absolute atomic E-state index is 0.292. The minimum Gasteiger partial charge on any atom is -0.422 e. The Kier molecular flexibility index (Phi) is 4.00. The van der Waals surface area contributed by atoms with E-state index < -0.39 is 0 Å². The smallest absolute Gasteiger partial charge is 0.344 e. The fourth-order valence-electron chi connectivity index (χ4n) is 3.70. The molecule has 3 nitrogen and oxygen atoms in total. The average Bonchev–Trinajstić information content (AvgIpc) is 2.65. The molecule has 4 rings (SSSR count). The largest absolute Gasteiger partial charge is 0.422 e. The fourth-order valence-corrected chi connectivity index (χ4v) is 3.70. The van der Waals surface area contributed by atoms with Crippen LogP contribution in [0.15, 0.2) is 72.0 Å². The van der Waals surface area contributed by atoms with Gasteiger partial charge in [0.2, 0.25) is 0 Å². The topological polar surface area (TPSA) is 29.5 Å². The predicted molar refractivity (Wildman–Crippen MR) is 105 cm³/mol. The summed E-state index contributed by atoms with van der Waals surface area (Å²) in [6.45, 7) is 3.93. The van der Waals surface area contributed by atoms with Gasteiger partial charge in [0.1, 0.15) is 5.75 Å². The molecule has 26 heavy (non-hydrogen) atoms. The van der Waals surface area contributed by atoms with Crippen molar-refractivity contribution in [3.63, 3.8) is 0 Å². The highest BCUT2D eigenvalue weighted by molar-refractivity contribution is 6.22. The van der Waals surface area contributed by atoms with Crippen molar-refractivity contribution in [2.75, 3.05) is 11.9 Å². The molecule has 2 aromatic rings. The van der Waals surface area contributed by atoms with E-state index in [1.54, 1.807) is 0 Å². The van der Waals surface area contributed by atoms with E-state index in [-0.39, 0.29) is 5.97 Å². The molecular weight excluding hydrogens is 322 g/mol. The van der Waals surface area contributed by atoms with Crippen molar-refractivity contribution in [2.24, 2.45) is 0 Å². The Labute approximate surface area is 153 Å². The van der Waals surface area contributed by atoms with Gasteiger partial charge in [0.05, 0.1) is 5.57 Å². The second kappa shape index (κ2) is 6.34. The van der Waals surface area contributed by atoms with Crippen LogP contribution in [0, 0.1) is 13.8 Å². The van der Waals surface area contributed by atoms with E-state index in [0.29, 0.717) is 11.3 Å².